The summed E-state index contributed by atoms with van der Waals surface area (Å²) in [5.41, 5.74) is 1.70. The van der Waals surface area contributed by atoms with Crippen LogP contribution in [-0.4, -0.2) is 42.7 Å². The molecule has 0 spiro atoms. The predicted octanol–water partition coefficient (Wildman–Crippen LogP) is 2.80. The number of nitrogens with zero attached hydrogens (tertiary/aromatic N) is 2. The van der Waals surface area contributed by atoms with Crippen LogP contribution in [0.3, 0.4) is 0 Å². The third kappa shape index (κ3) is 2.92. The number of benzene rings is 1. The monoisotopic (exact) mass is 292 g/mol. The number of piperidine rings is 2. The minimum Gasteiger partial charge on any atom is -0.389 e. The number of likely N-dealkylation sites (tertiary alicyclic amines) is 1. The summed E-state index contributed by atoms with van der Waals surface area (Å²) in [6.07, 6.45) is 3.05. The maximum atomic E-state index is 13.5. The smallest absolute Gasteiger partial charge is 0.123 e. The van der Waals surface area contributed by atoms with Gasteiger partial charge in [0.25, 0.3) is 0 Å². The van der Waals surface area contributed by atoms with Gasteiger partial charge >= 0.3 is 0 Å². The maximum Gasteiger partial charge on any atom is 0.123 e. The van der Waals surface area contributed by atoms with E-state index in [1.165, 1.54) is 31.5 Å². The average Bonchev–Trinajstić information content (AvgIpc) is 2.47. The molecule has 2 fully saturated rings. The van der Waals surface area contributed by atoms with Crippen LogP contribution in [0, 0.1) is 11.7 Å². The quantitative estimate of drug-likeness (QED) is 0.908. The van der Waals surface area contributed by atoms with Crippen molar-refractivity contribution in [3.63, 3.8) is 0 Å². The van der Waals surface area contributed by atoms with Crippen LogP contribution in [0.15, 0.2) is 18.2 Å². The first-order chi connectivity index (χ1) is 10.1. The maximum absolute atomic E-state index is 13.5. The first kappa shape index (κ1) is 14.8. The first-order valence-electron chi connectivity index (χ1n) is 7.99. The normalized spacial score (nSPS) is 28.3. The van der Waals surface area contributed by atoms with Gasteiger partial charge in [-0.2, -0.15) is 0 Å². The molecule has 2 aliphatic rings. The van der Waals surface area contributed by atoms with Gasteiger partial charge in [0, 0.05) is 30.4 Å². The van der Waals surface area contributed by atoms with Gasteiger partial charge in [0.2, 0.25) is 0 Å². The van der Waals surface area contributed by atoms with Gasteiger partial charge in [0.15, 0.2) is 0 Å². The molecule has 2 unspecified atom stereocenters. The van der Waals surface area contributed by atoms with E-state index in [0.29, 0.717) is 17.5 Å². The summed E-state index contributed by atoms with van der Waals surface area (Å²) >= 11 is 0. The van der Waals surface area contributed by atoms with Gasteiger partial charge in [0.1, 0.15) is 5.82 Å². The van der Waals surface area contributed by atoms with E-state index >= 15 is 0 Å². The van der Waals surface area contributed by atoms with Crippen molar-refractivity contribution in [2.75, 3.05) is 31.6 Å². The number of fused-ring (bicyclic) bond motifs is 1. The zero-order chi connectivity index (χ0) is 15.0. The lowest BCUT2D eigenvalue weighted by Gasteiger charge is -2.47. The van der Waals surface area contributed by atoms with Gasteiger partial charge in [-0.1, -0.05) is 0 Å². The molecule has 1 aromatic carbocycles. The van der Waals surface area contributed by atoms with Gasteiger partial charge in [-0.15, -0.1) is 0 Å². The fraction of sp³-hybridized carbons (Fsp3) is 0.647. The molecule has 4 heteroatoms. The van der Waals surface area contributed by atoms with Crippen LogP contribution in [-0.2, 0) is 0 Å². The van der Waals surface area contributed by atoms with Crippen molar-refractivity contribution in [1.82, 2.24) is 4.90 Å². The molecule has 2 heterocycles. The lowest BCUT2D eigenvalue weighted by molar-refractivity contribution is 0.102. The number of hydrogen-bond donors (Lipinski definition) is 1. The molecule has 2 saturated heterocycles. The molecule has 1 N–H and O–H groups in total. The van der Waals surface area contributed by atoms with E-state index in [-0.39, 0.29) is 5.82 Å². The van der Waals surface area contributed by atoms with E-state index in [0.717, 1.165) is 25.2 Å². The molecule has 3 nitrogen and oxygen atoms in total. The molecule has 3 rings (SSSR count). The van der Waals surface area contributed by atoms with E-state index in [2.05, 4.69) is 16.8 Å². The highest BCUT2D eigenvalue weighted by atomic mass is 19.1. The minimum atomic E-state index is -0.637. The van der Waals surface area contributed by atoms with Crippen LogP contribution in [0.1, 0.15) is 37.9 Å². The van der Waals surface area contributed by atoms with Gasteiger partial charge in [-0.05, 0) is 63.9 Å². The standard InChI is InChI=1S/C17H25FN2O/c1-12(21)15-10-14(18)5-6-17(15)20-9-7-16-13(11-20)4-3-8-19(16)2/h5-6,10,12-13,16,21H,3-4,7-9,11H2,1-2H3/t12-,13?,16?/m1/s1. The summed E-state index contributed by atoms with van der Waals surface area (Å²) in [5, 5.41) is 9.93. The van der Waals surface area contributed by atoms with Gasteiger partial charge < -0.3 is 14.9 Å². The average molecular weight is 292 g/mol. The molecular weight excluding hydrogens is 267 g/mol. The number of aliphatic hydroxyl groups is 1. The van der Waals surface area contributed by atoms with Gasteiger partial charge in [-0.25, -0.2) is 4.39 Å². The Labute approximate surface area is 126 Å². The molecule has 0 saturated carbocycles. The Morgan fingerprint density at radius 2 is 2.10 bits per heavy atom. The van der Waals surface area contributed by atoms with E-state index in [1.54, 1.807) is 6.92 Å². The van der Waals surface area contributed by atoms with E-state index < -0.39 is 6.10 Å². The van der Waals surface area contributed by atoms with Crippen molar-refractivity contribution in [3.05, 3.63) is 29.6 Å². The van der Waals surface area contributed by atoms with Crippen molar-refractivity contribution in [2.24, 2.45) is 5.92 Å². The van der Waals surface area contributed by atoms with Crippen molar-refractivity contribution >= 4 is 5.69 Å². The number of halogens is 1. The van der Waals surface area contributed by atoms with Crippen LogP contribution in [0.4, 0.5) is 10.1 Å². The minimum absolute atomic E-state index is 0.276. The molecule has 21 heavy (non-hydrogen) atoms. The van der Waals surface area contributed by atoms with Gasteiger partial charge in [0.05, 0.1) is 6.10 Å². The Bertz CT molecular complexity index is 506. The second-order valence-corrected chi connectivity index (χ2v) is 6.56. The molecule has 1 aromatic rings. The fourth-order valence-corrected chi connectivity index (χ4v) is 4.02. The highest BCUT2D eigenvalue weighted by Crippen LogP contribution is 2.35. The van der Waals surface area contributed by atoms with Crippen molar-refractivity contribution in [3.8, 4) is 0 Å². The molecule has 0 aromatic heterocycles. The zero-order valence-electron chi connectivity index (χ0n) is 12.9. The third-order valence-electron chi connectivity index (χ3n) is 5.13. The largest absolute Gasteiger partial charge is 0.389 e. The topological polar surface area (TPSA) is 26.7 Å². The van der Waals surface area contributed by atoms with E-state index in [4.69, 9.17) is 0 Å². The molecule has 116 valence electrons. The van der Waals surface area contributed by atoms with Crippen LogP contribution < -0.4 is 4.90 Å². The summed E-state index contributed by atoms with van der Waals surface area (Å²) in [7, 11) is 2.23. The third-order valence-corrected chi connectivity index (χ3v) is 5.13. The number of anilines is 1. The Balaban J connectivity index is 1.82. The number of rotatable bonds is 2. The lowest BCUT2D eigenvalue weighted by atomic mass is 9.84. The van der Waals surface area contributed by atoms with Crippen LogP contribution in [0.25, 0.3) is 0 Å². The highest BCUT2D eigenvalue weighted by Gasteiger charge is 2.34. The predicted molar refractivity (Wildman–Crippen MR) is 83.0 cm³/mol. The summed E-state index contributed by atoms with van der Waals surface area (Å²) in [5.74, 6) is 0.409. The van der Waals surface area contributed by atoms with Crippen molar-refractivity contribution in [2.45, 2.75) is 38.3 Å². The zero-order valence-corrected chi connectivity index (χ0v) is 12.9. The second-order valence-electron chi connectivity index (χ2n) is 6.56. The molecule has 0 radical (unpaired) electrons. The van der Waals surface area contributed by atoms with Crippen LogP contribution in [0.5, 0.6) is 0 Å². The van der Waals surface area contributed by atoms with Gasteiger partial charge in [-0.3, -0.25) is 0 Å². The molecule has 0 bridgehead atoms. The van der Waals surface area contributed by atoms with Crippen LogP contribution >= 0.6 is 0 Å². The lowest BCUT2D eigenvalue weighted by Crippen LogP contribution is -2.52. The number of aliphatic hydroxyl groups excluding tert-OH is 1. The fourth-order valence-electron chi connectivity index (χ4n) is 4.02. The molecule has 2 aliphatic heterocycles. The summed E-state index contributed by atoms with van der Waals surface area (Å²) in [6, 6.07) is 5.48. The van der Waals surface area contributed by atoms with Crippen molar-refractivity contribution < 1.29 is 9.50 Å². The van der Waals surface area contributed by atoms with Crippen LogP contribution in [0.2, 0.25) is 0 Å². The highest BCUT2D eigenvalue weighted by molar-refractivity contribution is 5.55. The first-order valence-corrected chi connectivity index (χ1v) is 7.99. The Morgan fingerprint density at radius 1 is 1.29 bits per heavy atom. The molecule has 0 amide bonds. The summed E-state index contributed by atoms with van der Waals surface area (Å²) in [6.45, 7) is 4.91. The summed E-state index contributed by atoms with van der Waals surface area (Å²) in [4.78, 5) is 4.83. The Morgan fingerprint density at radius 3 is 2.86 bits per heavy atom. The Kier molecular flexibility index (Phi) is 4.18. The summed E-state index contributed by atoms with van der Waals surface area (Å²) < 4.78 is 13.5. The Hall–Kier alpha value is -1.13. The molecule has 3 atom stereocenters. The van der Waals surface area contributed by atoms with E-state index in [1.807, 2.05) is 6.07 Å². The molecular formula is C17H25FN2O. The molecule has 0 aliphatic carbocycles. The number of hydrogen-bond acceptors (Lipinski definition) is 3. The van der Waals surface area contributed by atoms with Crippen molar-refractivity contribution in [1.29, 1.82) is 0 Å². The van der Waals surface area contributed by atoms with E-state index in [9.17, 15) is 9.50 Å². The SMILES string of the molecule is C[C@@H](O)c1cc(F)ccc1N1CCC2C(CCCN2C)C1. The second kappa shape index (κ2) is 5.93.